The van der Waals surface area contributed by atoms with Crippen molar-refractivity contribution in [2.24, 2.45) is 10.7 Å². The van der Waals surface area contributed by atoms with Crippen LogP contribution in [-0.4, -0.2) is 48.1 Å². The van der Waals surface area contributed by atoms with Crippen molar-refractivity contribution in [2.45, 2.75) is 52.5 Å². The lowest BCUT2D eigenvalue weighted by atomic mass is 10.2. The summed E-state index contributed by atoms with van der Waals surface area (Å²) < 4.78 is 0. The molecule has 2 heterocycles. The molecule has 1 aromatic heterocycles. The van der Waals surface area contributed by atoms with Crippen LogP contribution in [0.1, 0.15) is 42.3 Å². The number of aryl methyl sites for hydroxylation is 2. The van der Waals surface area contributed by atoms with E-state index in [2.05, 4.69) is 41.0 Å². The molecule has 0 bridgehead atoms. The Kier molecular flexibility index (Phi) is 6.64. The number of nitrogens with zero attached hydrogens (tertiary/aromatic N) is 3. The number of likely N-dealkylation sites (N-methyl/N-ethyl adjacent to an activating group) is 1. The zero-order chi connectivity index (χ0) is 15.9. The summed E-state index contributed by atoms with van der Waals surface area (Å²) in [6.07, 6.45) is 4.44. The summed E-state index contributed by atoms with van der Waals surface area (Å²) in [4.78, 5) is 13.0. The smallest absolute Gasteiger partial charge is 0.188 e. The molecule has 1 aliphatic rings. The molecule has 0 aliphatic carbocycles. The Hall–Kier alpha value is -1.14. The van der Waals surface area contributed by atoms with Gasteiger partial charge in [-0.1, -0.05) is 13.8 Å². The van der Waals surface area contributed by atoms with E-state index in [1.807, 2.05) is 0 Å². The number of likely N-dealkylation sites (tertiary alicyclic amines) is 1. The molecular weight excluding hydrogens is 294 g/mol. The number of rotatable bonds is 7. The molecule has 1 saturated heterocycles. The fraction of sp³-hybridized carbons (Fsp3) is 0.750. The van der Waals surface area contributed by atoms with Crippen molar-refractivity contribution in [3.63, 3.8) is 0 Å². The van der Waals surface area contributed by atoms with Crippen molar-refractivity contribution in [3.05, 3.63) is 15.6 Å². The zero-order valence-corrected chi connectivity index (χ0v) is 14.9. The predicted octanol–water partition coefficient (Wildman–Crippen LogP) is 1.95. The molecule has 0 aromatic carbocycles. The summed E-state index contributed by atoms with van der Waals surface area (Å²) in [6, 6.07) is 0.569. The number of hydrogen-bond acceptors (Lipinski definition) is 4. The van der Waals surface area contributed by atoms with E-state index >= 15 is 0 Å². The highest BCUT2D eigenvalue weighted by Gasteiger charge is 2.22. The van der Waals surface area contributed by atoms with Crippen LogP contribution < -0.4 is 11.1 Å². The van der Waals surface area contributed by atoms with Crippen molar-refractivity contribution < 1.29 is 0 Å². The molecule has 0 amide bonds. The van der Waals surface area contributed by atoms with Crippen molar-refractivity contribution in [3.8, 4) is 0 Å². The third kappa shape index (κ3) is 4.68. The standard InChI is InChI=1S/C16H29N5S/c1-4-14-12(3)22-15(20-14)8-9-18-16(17)19-11-13-7-6-10-21(13)5-2/h13H,4-11H2,1-3H3,(H3,17,18,19). The molecule has 1 aliphatic heterocycles. The van der Waals surface area contributed by atoms with Crippen molar-refractivity contribution in [1.29, 1.82) is 0 Å². The molecule has 0 spiro atoms. The SMILES string of the molecule is CCc1nc(CCNC(N)=NCC2CCCN2CC)sc1C. The Morgan fingerprint density at radius 2 is 2.32 bits per heavy atom. The summed E-state index contributed by atoms with van der Waals surface area (Å²) in [5, 5.41) is 4.39. The number of aromatic nitrogens is 1. The maximum atomic E-state index is 5.97. The van der Waals surface area contributed by atoms with Gasteiger partial charge in [0.1, 0.15) is 0 Å². The number of nitrogens with two attached hydrogens (primary N) is 1. The number of guanidine groups is 1. The van der Waals surface area contributed by atoms with Crippen LogP contribution in [0, 0.1) is 6.92 Å². The minimum atomic E-state index is 0.562. The van der Waals surface area contributed by atoms with E-state index in [1.54, 1.807) is 11.3 Å². The van der Waals surface area contributed by atoms with Crippen LogP contribution in [-0.2, 0) is 12.8 Å². The van der Waals surface area contributed by atoms with Crippen molar-refractivity contribution >= 4 is 17.3 Å². The second-order valence-electron chi connectivity index (χ2n) is 5.79. The monoisotopic (exact) mass is 323 g/mol. The average molecular weight is 324 g/mol. The van der Waals surface area contributed by atoms with Crippen LogP contribution >= 0.6 is 11.3 Å². The van der Waals surface area contributed by atoms with E-state index < -0.39 is 0 Å². The van der Waals surface area contributed by atoms with Gasteiger partial charge in [-0.25, -0.2) is 4.98 Å². The van der Waals surface area contributed by atoms with Crippen LogP contribution in [0.15, 0.2) is 4.99 Å². The Bertz CT molecular complexity index is 497. The number of aliphatic imine (C=N–C) groups is 1. The largest absolute Gasteiger partial charge is 0.370 e. The second kappa shape index (κ2) is 8.48. The normalized spacial score (nSPS) is 19.8. The Morgan fingerprint density at radius 3 is 3.00 bits per heavy atom. The Balaban J connectivity index is 1.72. The lowest BCUT2D eigenvalue weighted by molar-refractivity contribution is 0.273. The average Bonchev–Trinajstić information content (AvgIpc) is 3.10. The van der Waals surface area contributed by atoms with Crippen molar-refractivity contribution in [2.75, 3.05) is 26.2 Å². The molecular formula is C16H29N5S. The van der Waals surface area contributed by atoms with Gasteiger partial charge in [-0.05, 0) is 39.3 Å². The molecule has 5 nitrogen and oxygen atoms in total. The van der Waals surface area contributed by atoms with Gasteiger partial charge in [-0.3, -0.25) is 9.89 Å². The molecule has 1 aromatic rings. The fourth-order valence-corrected chi connectivity index (χ4v) is 4.02. The quantitative estimate of drug-likeness (QED) is 0.594. The first-order chi connectivity index (χ1) is 10.6. The molecule has 0 radical (unpaired) electrons. The van der Waals surface area contributed by atoms with Crippen LogP contribution in [0.25, 0.3) is 0 Å². The highest BCUT2D eigenvalue weighted by molar-refractivity contribution is 7.11. The first-order valence-electron chi connectivity index (χ1n) is 8.37. The van der Waals surface area contributed by atoms with E-state index in [4.69, 9.17) is 5.73 Å². The van der Waals surface area contributed by atoms with Crippen LogP contribution in [0.3, 0.4) is 0 Å². The molecule has 124 valence electrons. The lowest BCUT2D eigenvalue weighted by Crippen LogP contribution is -2.36. The van der Waals surface area contributed by atoms with E-state index in [0.29, 0.717) is 12.0 Å². The summed E-state index contributed by atoms with van der Waals surface area (Å²) in [5.41, 5.74) is 7.19. The van der Waals surface area contributed by atoms with Crippen LogP contribution in [0.5, 0.6) is 0 Å². The van der Waals surface area contributed by atoms with E-state index in [0.717, 1.165) is 32.5 Å². The molecule has 1 atom stereocenters. The predicted molar refractivity (Wildman–Crippen MR) is 94.7 cm³/mol. The molecule has 1 unspecified atom stereocenters. The second-order valence-corrected chi connectivity index (χ2v) is 7.08. The molecule has 1 fully saturated rings. The van der Waals surface area contributed by atoms with Crippen LogP contribution in [0.4, 0.5) is 0 Å². The maximum absolute atomic E-state index is 5.97. The van der Waals surface area contributed by atoms with Crippen LogP contribution in [0.2, 0.25) is 0 Å². The Morgan fingerprint density at radius 1 is 1.50 bits per heavy atom. The molecule has 22 heavy (non-hydrogen) atoms. The number of hydrogen-bond donors (Lipinski definition) is 2. The van der Waals surface area contributed by atoms with Gasteiger partial charge >= 0.3 is 0 Å². The van der Waals surface area contributed by atoms with E-state index in [-0.39, 0.29) is 0 Å². The summed E-state index contributed by atoms with van der Waals surface area (Å²) in [6.45, 7) is 10.4. The van der Waals surface area contributed by atoms with Gasteiger partial charge < -0.3 is 11.1 Å². The third-order valence-electron chi connectivity index (χ3n) is 4.29. The van der Waals surface area contributed by atoms with Gasteiger partial charge in [0.2, 0.25) is 0 Å². The van der Waals surface area contributed by atoms with E-state index in [9.17, 15) is 0 Å². The minimum absolute atomic E-state index is 0.562. The third-order valence-corrected chi connectivity index (χ3v) is 5.37. The summed E-state index contributed by atoms with van der Waals surface area (Å²) in [5.74, 6) is 0.562. The highest BCUT2D eigenvalue weighted by Crippen LogP contribution is 2.18. The zero-order valence-electron chi connectivity index (χ0n) is 14.1. The highest BCUT2D eigenvalue weighted by atomic mass is 32.1. The maximum Gasteiger partial charge on any atom is 0.188 e. The summed E-state index contributed by atoms with van der Waals surface area (Å²) in [7, 11) is 0. The number of thiazole rings is 1. The van der Waals surface area contributed by atoms with Gasteiger partial charge in [0.15, 0.2) is 5.96 Å². The van der Waals surface area contributed by atoms with Gasteiger partial charge in [0, 0.05) is 23.9 Å². The first kappa shape index (κ1) is 17.2. The molecule has 0 saturated carbocycles. The van der Waals surface area contributed by atoms with Crippen molar-refractivity contribution in [1.82, 2.24) is 15.2 Å². The first-order valence-corrected chi connectivity index (χ1v) is 9.18. The molecule has 3 N–H and O–H groups in total. The molecule has 6 heteroatoms. The summed E-state index contributed by atoms with van der Waals surface area (Å²) >= 11 is 1.79. The molecule has 2 rings (SSSR count). The topological polar surface area (TPSA) is 66.5 Å². The van der Waals surface area contributed by atoms with Gasteiger partial charge in [0.05, 0.1) is 17.2 Å². The Labute approximate surface area is 138 Å². The van der Waals surface area contributed by atoms with Gasteiger partial charge in [-0.2, -0.15) is 0 Å². The van der Waals surface area contributed by atoms with Gasteiger partial charge in [0.25, 0.3) is 0 Å². The lowest BCUT2D eigenvalue weighted by Gasteiger charge is -2.20. The van der Waals surface area contributed by atoms with Gasteiger partial charge in [-0.15, -0.1) is 11.3 Å². The fourth-order valence-electron chi connectivity index (χ4n) is 3.00. The minimum Gasteiger partial charge on any atom is -0.370 e. The van der Waals surface area contributed by atoms with E-state index in [1.165, 1.54) is 35.0 Å². The number of nitrogens with one attached hydrogen (secondary N) is 1.